The number of hydrogen-bond donors (Lipinski definition) is 2. The molecule has 0 fully saturated rings. The normalized spacial score (nSPS) is 11.0. The minimum Gasteiger partial charge on any atom is -0.351 e. The second-order valence-corrected chi connectivity index (χ2v) is 7.84. The lowest BCUT2D eigenvalue weighted by atomic mass is 10.3. The van der Waals surface area contributed by atoms with E-state index < -0.39 is 12.7 Å². The number of hydrogen-bond acceptors (Lipinski definition) is 8. The fraction of sp³-hybridized carbons (Fsp3) is 0.286. The Balaban J connectivity index is 1.84. The average Bonchev–Trinajstić information content (AvgIpc) is 3.05. The third-order valence-electron chi connectivity index (χ3n) is 2.63. The zero-order valence-corrected chi connectivity index (χ0v) is 15.5. The zero-order valence-electron chi connectivity index (χ0n) is 13.0. The van der Waals surface area contributed by atoms with Crippen molar-refractivity contribution in [3.8, 4) is 6.07 Å². The van der Waals surface area contributed by atoms with Crippen LogP contribution in [-0.2, 0) is 4.79 Å². The number of benzene rings is 1. The molecule has 0 saturated carbocycles. The number of carbonyl (C=O) groups is 1. The SMILES string of the molecule is N#CCSc1ccccc1NC(=O)CSc1nnc(NCC(F)(F)F)s1. The van der Waals surface area contributed by atoms with Gasteiger partial charge in [0.15, 0.2) is 4.34 Å². The number of halogens is 3. The summed E-state index contributed by atoms with van der Waals surface area (Å²) in [5.74, 6) is 0.00524. The lowest BCUT2D eigenvalue weighted by molar-refractivity contribution is -0.115. The summed E-state index contributed by atoms with van der Waals surface area (Å²) in [6.45, 7) is -1.19. The first kappa shape index (κ1) is 20.3. The van der Waals surface area contributed by atoms with E-state index in [2.05, 4.69) is 20.8 Å². The number of thioether (sulfide) groups is 2. The highest BCUT2D eigenvalue weighted by atomic mass is 32.2. The van der Waals surface area contributed by atoms with Crippen molar-refractivity contribution in [1.29, 1.82) is 5.26 Å². The highest BCUT2D eigenvalue weighted by Gasteiger charge is 2.27. The van der Waals surface area contributed by atoms with E-state index in [1.54, 1.807) is 24.3 Å². The number of alkyl halides is 3. The van der Waals surface area contributed by atoms with E-state index >= 15 is 0 Å². The lowest BCUT2D eigenvalue weighted by Gasteiger charge is -2.08. The molecule has 138 valence electrons. The molecule has 2 rings (SSSR count). The van der Waals surface area contributed by atoms with Crippen LogP contribution in [0.25, 0.3) is 0 Å². The van der Waals surface area contributed by atoms with Gasteiger partial charge in [-0.3, -0.25) is 4.79 Å². The van der Waals surface area contributed by atoms with E-state index in [0.29, 0.717) is 10.0 Å². The number of carbonyl (C=O) groups excluding carboxylic acids is 1. The van der Waals surface area contributed by atoms with Gasteiger partial charge in [-0.2, -0.15) is 18.4 Å². The molecule has 2 aromatic rings. The molecule has 0 aliphatic carbocycles. The van der Waals surface area contributed by atoms with E-state index in [1.807, 2.05) is 6.07 Å². The van der Waals surface area contributed by atoms with Crippen LogP contribution in [0.3, 0.4) is 0 Å². The number of para-hydroxylation sites is 1. The molecule has 0 radical (unpaired) electrons. The summed E-state index contributed by atoms with van der Waals surface area (Å²) in [6, 6.07) is 9.12. The number of amides is 1. The summed E-state index contributed by atoms with van der Waals surface area (Å²) in [5, 5.41) is 20.9. The van der Waals surface area contributed by atoms with Crippen molar-refractivity contribution >= 4 is 51.6 Å². The van der Waals surface area contributed by atoms with Gasteiger partial charge in [-0.05, 0) is 12.1 Å². The Labute approximate surface area is 159 Å². The van der Waals surface area contributed by atoms with Crippen molar-refractivity contribution in [3.63, 3.8) is 0 Å². The molecule has 1 amide bonds. The van der Waals surface area contributed by atoms with Crippen molar-refractivity contribution in [2.75, 3.05) is 28.7 Å². The molecule has 12 heteroatoms. The van der Waals surface area contributed by atoms with Gasteiger partial charge in [-0.25, -0.2) is 0 Å². The molecule has 2 N–H and O–H groups in total. The van der Waals surface area contributed by atoms with Gasteiger partial charge in [0, 0.05) is 4.90 Å². The third kappa shape index (κ3) is 7.11. The number of aromatic nitrogens is 2. The maximum atomic E-state index is 12.1. The number of nitriles is 1. The molecule has 1 aromatic carbocycles. The van der Waals surface area contributed by atoms with Gasteiger partial charge in [0.1, 0.15) is 6.54 Å². The monoisotopic (exact) mass is 419 g/mol. The summed E-state index contributed by atoms with van der Waals surface area (Å²) in [5.41, 5.74) is 0.600. The molecule has 0 aliphatic rings. The quantitative estimate of drug-likeness (QED) is 0.628. The molecule has 0 aliphatic heterocycles. The Kier molecular flexibility index (Phi) is 7.55. The van der Waals surface area contributed by atoms with Crippen molar-refractivity contribution < 1.29 is 18.0 Å². The number of nitrogens with one attached hydrogen (secondary N) is 2. The van der Waals surface area contributed by atoms with Gasteiger partial charge in [-0.15, -0.1) is 22.0 Å². The third-order valence-corrected chi connectivity index (χ3v) is 5.58. The topological polar surface area (TPSA) is 90.7 Å². The second kappa shape index (κ2) is 9.65. The van der Waals surface area contributed by atoms with Gasteiger partial charge in [0.25, 0.3) is 0 Å². The molecule has 0 bridgehead atoms. The first-order valence-corrected chi connectivity index (χ1v) is 9.81. The maximum absolute atomic E-state index is 12.1. The van der Waals surface area contributed by atoms with Crippen molar-refractivity contribution in [2.24, 2.45) is 0 Å². The average molecular weight is 419 g/mol. The maximum Gasteiger partial charge on any atom is 0.405 e. The minimum absolute atomic E-state index is 0.0329. The van der Waals surface area contributed by atoms with Crippen LogP contribution in [0.5, 0.6) is 0 Å². The summed E-state index contributed by atoms with van der Waals surface area (Å²) >= 11 is 3.33. The second-order valence-electron chi connectivity index (χ2n) is 4.62. The molecule has 0 spiro atoms. The van der Waals surface area contributed by atoms with E-state index in [9.17, 15) is 18.0 Å². The minimum atomic E-state index is -4.34. The molecule has 1 aromatic heterocycles. The van der Waals surface area contributed by atoms with Gasteiger partial charge < -0.3 is 10.6 Å². The zero-order chi connectivity index (χ0) is 19.0. The highest BCUT2D eigenvalue weighted by molar-refractivity contribution is 8.01. The number of rotatable bonds is 8. The van der Waals surface area contributed by atoms with E-state index in [1.165, 1.54) is 11.8 Å². The number of nitrogens with zero attached hydrogens (tertiary/aromatic N) is 3. The highest BCUT2D eigenvalue weighted by Crippen LogP contribution is 2.28. The van der Waals surface area contributed by atoms with Gasteiger partial charge in [0.05, 0.1) is 23.3 Å². The Morgan fingerprint density at radius 1 is 1.27 bits per heavy atom. The summed E-state index contributed by atoms with van der Waals surface area (Å²) in [6.07, 6.45) is -4.34. The molecule has 26 heavy (non-hydrogen) atoms. The summed E-state index contributed by atoms with van der Waals surface area (Å²) in [7, 11) is 0. The standard InChI is InChI=1S/C14H12F3N5OS3/c15-14(16,17)8-19-12-21-22-13(26-12)25-7-11(23)20-9-3-1-2-4-10(9)24-6-5-18/h1-4H,6-8H2,(H,19,21)(H,20,23). The van der Waals surface area contributed by atoms with Crippen LogP contribution >= 0.6 is 34.9 Å². The predicted molar refractivity (Wildman–Crippen MR) is 96.6 cm³/mol. The van der Waals surface area contributed by atoms with E-state index in [4.69, 9.17) is 5.26 Å². The van der Waals surface area contributed by atoms with E-state index in [-0.39, 0.29) is 22.5 Å². The summed E-state index contributed by atoms with van der Waals surface area (Å²) < 4.78 is 36.8. The predicted octanol–water partition coefficient (Wildman–Crippen LogP) is 3.86. The Bertz CT molecular complexity index is 791. The molecule has 1 heterocycles. The van der Waals surface area contributed by atoms with Crippen LogP contribution in [0.1, 0.15) is 0 Å². The van der Waals surface area contributed by atoms with Gasteiger partial charge >= 0.3 is 6.18 Å². The van der Waals surface area contributed by atoms with Gasteiger partial charge in [-0.1, -0.05) is 35.2 Å². The van der Waals surface area contributed by atoms with Crippen LogP contribution < -0.4 is 10.6 Å². The van der Waals surface area contributed by atoms with Crippen molar-refractivity contribution in [3.05, 3.63) is 24.3 Å². The van der Waals surface area contributed by atoms with Crippen LogP contribution in [0, 0.1) is 11.3 Å². The molecular formula is C14H12F3N5OS3. The largest absolute Gasteiger partial charge is 0.405 e. The molecule has 0 unspecified atom stereocenters. The molecule has 0 saturated heterocycles. The van der Waals surface area contributed by atoms with Crippen LogP contribution in [-0.4, -0.2) is 40.3 Å². The van der Waals surface area contributed by atoms with Crippen LogP contribution in [0.2, 0.25) is 0 Å². The van der Waals surface area contributed by atoms with Crippen molar-refractivity contribution in [2.45, 2.75) is 15.4 Å². The van der Waals surface area contributed by atoms with Gasteiger partial charge in [0.2, 0.25) is 11.0 Å². The lowest BCUT2D eigenvalue weighted by Crippen LogP contribution is -2.21. The Morgan fingerprint density at radius 2 is 2.04 bits per heavy atom. The fourth-order valence-electron chi connectivity index (χ4n) is 1.63. The van der Waals surface area contributed by atoms with E-state index in [0.717, 1.165) is 28.0 Å². The Morgan fingerprint density at radius 3 is 2.77 bits per heavy atom. The smallest absolute Gasteiger partial charge is 0.351 e. The molecule has 0 atom stereocenters. The fourth-order valence-corrected chi connectivity index (χ4v) is 3.85. The first-order chi connectivity index (χ1) is 12.4. The first-order valence-electron chi connectivity index (χ1n) is 7.03. The molecular weight excluding hydrogens is 407 g/mol. The Hall–Kier alpha value is -1.97. The summed E-state index contributed by atoms with van der Waals surface area (Å²) in [4.78, 5) is 12.8. The van der Waals surface area contributed by atoms with Crippen molar-refractivity contribution in [1.82, 2.24) is 10.2 Å². The molecule has 6 nitrogen and oxygen atoms in total. The number of anilines is 2. The van der Waals surface area contributed by atoms with Crippen LogP contribution in [0.15, 0.2) is 33.5 Å². The van der Waals surface area contributed by atoms with Crippen LogP contribution in [0.4, 0.5) is 24.0 Å².